The van der Waals surface area contributed by atoms with Gasteiger partial charge in [0.2, 0.25) is 0 Å². The minimum absolute atomic E-state index is 0.0648. The topological polar surface area (TPSA) is 12.9 Å². The standard InChI is InChI=1S/C13H5Cl2F6N/c14-8-5-9(13(19,20)21)22-11(15)10(8)6-1-3-7(4-2-6)12(16,17)18/h1-5H. The van der Waals surface area contributed by atoms with Crippen LogP contribution in [-0.4, -0.2) is 4.98 Å². The van der Waals surface area contributed by atoms with E-state index < -0.39 is 28.8 Å². The van der Waals surface area contributed by atoms with Crippen LogP contribution in [0, 0.1) is 0 Å². The van der Waals surface area contributed by atoms with Crippen LogP contribution < -0.4 is 0 Å². The van der Waals surface area contributed by atoms with Gasteiger partial charge in [-0.15, -0.1) is 0 Å². The van der Waals surface area contributed by atoms with E-state index in [-0.39, 0.29) is 16.1 Å². The van der Waals surface area contributed by atoms with Gasteiger partial charge in [-0.05, 0) is 23.8 Å². The molecule has 1 heterocycles. The molecule has 0 N–H and O–H groups in total. The van der Waals surface area contributed by atoms with Crippen LogP contribution in [0.4, 0.5) is 26.3 Å². The van der Waals surface area contributed by atoms with Crippen molar-refractivity contribution in [2.24, 2.45) is 0 Å². The first-order valence-corrected chi connectivity index (χ1v) is 6.36. The smallest absolute Gasteiger partial charge is 0.231 e. The molecule has 0 saturated carbocycles. The lowest BCUT2D eigenvalue weighted by Crippen LogP contribution is -2.08. The highest BCUT2D eigenvalue weighted by Crippen LogP contribution is 2.39. The van der Waals surface area contributed by atoms with Gasteiger partial charge in [0.1, 0.15) is 10.8 Å². The Morgan fingerprint density at radius 3 is 1.77 bits per heavy atom. The molecule has 0 spiro atoms. The van der Waals surface area contributed by atoms with Crippen LogP contribution in [0.25, 0.3) is 11.1 Å². The number of pyridine rings is 1. The predicted octanol–water partition coefficient (Wildman–Crippen LogP) is 6.09. The van der Waals surface area contributed by atoms with Crippen molar-refractivity contribution < 1.29 is 26.3 Å². The zero-order valence-corrected chi connectivity index (χ0v) is 11.9. The Labute approximate surface area is 130 Å². The summed E-state index contributed by atoms with van der Waals surface area (Å²) in [6, 6.07) is 4.25. The van der Waals surface area contributed by atoms with E-state index in [1.54, 1.807) is 0 Å². The van der Waals surface area contributed by atoms with Crippen molar-refractivity contribution in [2.45, 2.75) is 12.4 Å². The van der Waals surface area contributed by atoms with Crippen LogP contribution in [0.1, 0.15) is 11.3 Å². The zero-order valence-electron chi connectivity index (χ0n) is 10.4. The number of alkyl halides is 6. The summed E-state index contributed by atoms with van der Waals surface area (Å²) in [7, 11) is 0. The van der Waals surface area contributed by atoms with Gasteiger partial charge >= 0.3 is 12.4 Å². The van der Waals surface area contributed by atoms with Crippen molar-refractivity contribution in [1.29, 1.82) is 0 Å². The maximum atomic E-state index is 12.6. The Balaban J connectivity index is 2.50. The Hall–Kier alpha value is -1.47. The minimum atomic E-state index is -4.73. The Morgan fingerprint density at radius 2 is 1.36 bits per heavy atom. The van der Waals surface area contributed by atoms with E-state index in [0.717, 1.165) is 24.3 Å². The third kappa shape index (κ3) is 3.47. The van der Waals surface area contributed by atoms with Gasteiger partial charge in [-0.2, -0.15) is 26.3 Å². The van der Waals surface area contributed by atoms with E-state index in [0.29, 0.717) is 6.07 Å². The molecule has 0 atom stereocenters. The van der Waals surface area contributed by atoms with Gasteiger partial charge in [-0.3, -0.25) is 0 Å². The van der Waals surface area contributed by atoms with Crippen LogP contribution in [-0.2, 0) is 12.4 Å². The average molecular weight is 360 g/mol. The van der Waals surface area contributed by atoms with Crippen molar-refractivity contribution in [3.8, 4) is 11.1 Å². The molecule has 118 valence electrons. The molecule has 0 amide bonds. The summed E-state index contributed by atoms with van der Waals surface area (Å²) in [5, 5.41) is -0.897. The number of rotatable bonds is 1. The lowest BCUT2D eigenvalue weighted by molar-refractivity contribution is -0.141. The second-order valence-corrected chi connectivity index (χ2v) is 4.99. The molecule has 0 bridgehead atoms. The normalized spacial score (nSPS) is 12.5. The van der Waals surface area contributed by atoms with Crippen LogP contribution in [0.2, 0.25) is 10.2 Å². The molecular formula is C13H5Cl2F6N. The van der Waals surface area contributed by atoms with E-state index in [9.17, 15) is 26.3 Å². The molecule has 0 unspecified atom stereocenters. The molecule has 0 aliphatic carbocycles. The molecule has 1 aromatic heterocycles. The first kappa shape index (κ1) is 16.9. The number of hydrogen-bond acceptors (Lipinski definition) is 1. The minimum Gasteiger partial charge on any atom is -0.231 e. The van der Waals surface area contributed by atoms with Crippen LogP contribution in [0.3, 0.4) is 0 Å². The largest absolute Gasteiger partial charge is 0.433 e. The SMILES string of the molecule is FC(F)(F)c1ccc(-c2c(Cl)cc(C(F)(F)F)nc2Cl)cc1. The van der Waals surface area contributed by atoms with Crippen molar-refractivity contribution >= 4 is 23.2 Å². The highest BCUT2D eigenvalue weighted by molar-refractivity contribution is 6.38. The van der Waals surface area contributed by atoms with Gasteiger partial charge in [0, 0.05) is 5.56 Å². The maximum Gasteiger partial charge on any atom is 0.433 e. The molecule has 2 aromatic rings. The first-order chi connectivity index (χ1) is 10.00. The number of hydrogen-bond donors (Lipinski definition) is 0. The molecule has 0 fully saturated rings. The van der Waals surface area contributed by atoms with Crippen molar-refractivity contribution in [2.75, 3.05) is 0 Å². The zero-order chi connectivity index (χ0) is 16.7. The van der Waals surface area contributed by atoms with Gasteiger partial charge in [0.15, 0.2) is 0 Å². The highest BCUT2D eigenvalue weighted by atomic mass is 35.5. The summed E-state index contributed by atoms with van der Waals surface area (Å²) in [4.78, 5) is 3.19. The van der Waals surface area contributed by atoms with E-state index in [1.807, 2.05) is 0 Å². The van der Waals surface area contributed by atoms with E-state index in [4.69, 9.17) is 23.2 Å². The summed E-state index contributed by atoms with van der Waals surface area (Å²) < 4.78 is 75.1. The highest BCUT2D eigenvalue weighted by Gasteiger charge is 2.34. The van der Waals surface area contributed by atoms with E-state index in [2.05, 4.69) is 4.98 Å². The Morgan fingerprint density at radius 1 is 0.818 bits per heavy atom. The van der Waals surface area contributed by atoms with E-state index in [1.165, 1.54) is 0 Å². The molecule has 2 rings (SSSR count). The fourth-order valence-electron chi connectivity index (χ4n) is 1.71. The number of aromatic nitrogens is 1. The summed E-state index contributed by atoms with van der Waals surface area (Å²) in [5.74, 6) is 0. The molecule has 22 heavy (non-hydrogen) atoms. The lowest BCUT2D eigenvalue weighted by Gasteiger charge is -2.12. The predicted molar refractivity (Wildman–Crippen MR) is 69.7 cm³/mol. The monoisotopic (exact) mass is 359 g/mol. The van der Waals surface area contributed by atoms with Gasteiger partial charge in [0.25, 0.3) is 0 Å². The number of halogens is 8. The molecule has 0 aliphatic rings. The Bertz CT molecular complexity index is 668. The summed E-state index contributed by atoms with van der Waals surface area (Å²) in [5.41, 5.74) is -2.11. The molecule has 9 heteroatoms. The summed E-state index contributed by atoms with van der Waals surface area (Å²) >= 11 is 11.4. The second kappa shape index (κ2) is 5.62. The lowest BCUT2D eigenvalue weighted by atomic mass is 10.0. The third-order valence-electron chi connectivity index (χ3n) is 2.72. The molecule has 0 saturated heterocycles. The van der Waals surface area contributed by atoms with Crippen molar-refractivity contribution in [3.05, 3.63) is 51.8 Å². The molecular weight excluding hydrogens is 355 g/mol. The van der Waals surface area contributed by atoms with E-state index >= 15 is 0 Å². The van der Waals surface area contributed by atoms with Gasteiger partial charge < -0.3 is 0 Å². The quantitative estimate of drug-likeness (QED) is 0.443. The fraction of sp³-hybridized carbons (Fsp3) is 0.154. The number of nitrogens with zero attached hydrogens (tertiary/aromatic N) is 1. The van der Waals surface area contributed by atoms with Crippen LogP contribution >= 0.6 is 23.2 Å². The third-order valence-corrected chi connectivity index (χ3v) is 3.29. The molecule has 1 aromatic carbocycles. The van der Waals surface area contributed by atoms with Crippen molar-refractivity contribution in [1.82, 2.24) is 4.98 Å². The molecule has 0 radical (unpaired) electrons. The number of benzene rings is 1. The van der Waals surface area contributed by atoms with Crippen LogP contribution in [0.5, 0.6) is 0 Å². The summed E-state index contributed by atoms with van der Waals surface area (Å²) in [6.45, 7) is 0. The van der Waals surface area contributed by atoms with Gasteiger partial charge in [-0.25, -0.2) is 4.98 Å². The second-order valence-electron chi connectivity index (χ2n) is 4.23. The van der Waals surface area contributed by atoms with Gasteiger partial charge in [-0.1, -0.05) is 35.3 Å². The maximum absolute atomic E-state index is 12.6. The fourth-order valence-corrected chi connectivity index (χ4v) is 2.37. The van der Waals surface area contributed by atoms with Gasteiger partial charge in [0.05, 0.1) is 10.6 Å². The molecule has 1 nitrogen and oxygen atoms in total. The average Bonchev–Trinajstić information content (AvgIpc) is 2.36. The van der Waals surface area contributed by atoms with Crippen molar-refractivity contribution in [3.63, 3.8) is 0 Å². The molecule has 0 aliphatic heterocycles. The first-order valence-electron chi connectivity index (χ1n) is 5.61. The summed E-state index contributed by atoms with van der Waals surface area (Å²) in [6.07, 6.45) is -9.25. The van der Waals surface area contributed by atoms with Crippen LogP contribution in [0.15, 0.2) is 30.3 Å². The Kier molecular flexibility index (Phi) is 4.32.